The Kier molecular flexibility index (Phi) is 11.7. The van der Waals surface area contributed by atoms with Gasteiger partial charge < -0.3 is 19.8 Å². The van der Waals surface area contributed by atoms with E-state index in [0.29, 0.717) is 11.8 Å². The Hall–Kier alpha value is -8.41. The summed E-state index contributed by atoms with van der Waals surface area (Å²) in [5.74, 6) is 1.74. The van der Waals surface area contributed by atoms with Gasteiger partial charge in [0.15, 0.2) is 0 Å². The van der Waals surface area contributed by atoms with E-state index in [4.69, 9.17) is 14.9 Å². The highest BCUT2D eigenvalue weighted by Gasteiger charge is 2.35. The highest BCUT2D eigenvalue weighted by atomic mass is 16.5. The van der Waals surface area contributed by atoms with Crippen molar-refractivity contribution in [3.63, 3.8) is 0 Å². The number of furan rings is 1. The van der Waals surface area contributed by atoms with E-state index in [-0.39, 0.29) is 12.1 Å². The molecule has 2 N–H and O–H groups in total. The van der Waals surface area contributed by atoms with Crippen molar-refractivity contribution in [3.05, 3.63) is 259 Å². The van der Waals surface area contributed by atoms with Crippen molar-refractivity contribution < 1.29 is 9.15 Å². The van der Waals surface area contributed by atoms with Gasteiger partial charge in [0.25, 0.3) is 0 Å². The molecule has 8 aromatic carbocycles. The lowest BCUT2D eigenvalue weighted by atomic mass is 9.91. The first-order chi connectivity index (χ1) is 33.6. The van der Waals surface area contributed by atoms with E-state index in [1.807, 2.05) is 24.3 Å². The smallest absolute Gasteiger partial charge is 0.144 e. The molecule has 2 heterocycles. The molecule has 5 heteroatoms. The third-order valence-electron chi connectivity index (χ3n) is 13.2. The summed E-state index contributed by atoms with van der Waals surface area (Å²) in [5, 5.41) is 1.99. The van der Waals surface area contributed by atoms with E-state index in [2.05, 4.69) is 222 Å². The molecule has 68 heavy (non-hydrogen) atoms. The van der Waals surface area contributed by atoms with Crippen LogP contribution in [0.5, 0.6) is 5.75 Å². The van der Waals surface area contributed by atoms with Crippen LogP contribution in [-0.2, 0) is 6.42 Å². The van der Waals surface area contributed by atoms with Crippen molar-refractivity contribution in [3.8, 4) is 39.1 Å². The van der Waals surface area contributed by atoms with Gasteiger partial charge in [-0.25, -0.2) is 0 Å². The van der Waals surface area contributed by atoms with Gasteiger partial charge in [-0.15, -0.1) is 0 Å². The number of amidine groups is 1. The van der Waals surface area contributed by atoms with Crippen LogP contribution in [-0.4, -0.2) is 25.0 Å². The molecule has 3 aliphatic rings. The Labute approximate surface area is 398 Å². The van der Waals surface area contributed by atoms with E-state index >= 15 is 0 Å². The molecule has 0 amide bonds. The van der Waals surface area contributed by atoms with Crippen LogP contribution in [0.3, 0.4) is 0 Å². The monoisotopic (exact) mass is 881 g/mol. The molecule has 0 fully saturated rings. The van der Waals surface area contributed by atoms with Crippen molar-refractivity contribution in [1.82, 2.24) is 0 Å². The maximum absolute atomic E-state index is 6.65. The largest absolute Gasteiger partial charge is 0.482 e. The first kappa shape index (κ1) is 42.2. The topological polar surface area (TPSA) is 64.0 Å². The quantitative estimate of drug-likeness (QED) is 0.122. The standard InChI is InChI=1S/C38H31N3O2.C25H20/c1-40-38(39)29-13-8-16-35-37(29)30-22-26(18-20-33(30)42-35)27-17-19-32-36(23-27)43-34-15-6-5-14-31(34)41(32)28-12-7-11-25(21-28)24-9-3-2-4-10-24;1-4-10-20(11-5-1)16-21-17-24(22-12-6-2-7-13-22)19-25(18-21)23-14-8-3-9-15-23/h2-9,11-24,31,34H,10H2,1H3,(H2,39,40);1-15,17-19H,16H2. The Morgan fingerprint density at radius 3 is 2.00 bits per heavy atom. The van der Waals surface area contributed by atoms with Crippen LogP contribution >= 0.6 is 0 Å². The van der Waals surface area contributed by atoms with E-state index in [9.17, 15) is 0 Å². The summed E-state index contributed by atoms with van der Waals surface area (Å²) in [6, 6.07) is 66.6. The molecule has 5 nitrogen and oxygen atoms in total. The van der Waals surface area contributed by atoms with Gasteiger partial charge in [-0.1, -0.05) is 182 Å². The molecule has 1 aliphatic heterocycles. The van der Waals surface area contributed by atoms with E-state index in [0.717, 1.165) is 62.9 Å². The number of benzene rings is 8. The van der Waals surface area contributed by atoms with E-state index in [1.54, 1.807) is 7.05 Å². The van der Waals surface area contributed by atoms with Gasteiger partial charge in [0.2, 0.25) is 0 Å². The predicted molar refractivity (Wildman–Crippen MR) is 283 cm³/mol. The molecule has 12 rings (SSSR count). The summed E-state index contributed by atoms with van der Waals surface area (Å²) >= 11 is 0. The average Bonchev–Trinajstić information content (AvgIpc) is 3.79. The van der Waals surface area contributed by atoms with Crippen molar-refractivity contribution in [2.75, 3.05) is 11.9 Å². The van der Waals surface area contributed by atoms with Gasteiger partial charge in [-0.2, -0.15) is 0 Å². The van der Waals surface area contributed by atoms with Crippen molar-refractivity contribution in [2.45, 2.75) is 30.9 Å². The fourth-order valence-electron chi connectivity index (χ4n) is 9.82. The minimum Gasteiger partial charge on any atom is -0.482 e. The third kappa shape index (κ3) is 8.58. The summed E-state index contributed by atoms with van der Waals surface area (Å²) < 4.78 is 12.8. The number of nitrogens with two attached hydrogens (primary N) is 1. The third-order valence-corrected chi connectivity index (χ3v) is 13.2. The molecule has 0 bridgehead atoms. The van der Waals surface area contributed by atoms with Crippen LogP contribution in [0.15, 0.2) is 246 Å². The van der Waals surface area contributed by atoms with Crippen LogP contribution < -0.4 is 15.4 Å². The second-order valence-electron chi connectivity index (χ2n) is 17.6. The first-order valence-corrected chi connectivity index (χ1v) is 23.4. The van der Waals surface area contributed by atoms with Crippen molar-refractivity contribution in [1.29, 1.82) is 0 Å². The average molecular weight is 882 g/mol. The summed E-state index contributed by atoms with van der Waals surface area (Å²) in [6.07, 6.45) is 19.3. The number of ether oxygens (including phenoxy) is 1. The number of aliphatic imine (C=N–C) groups is 1. The summed E-state index contributed by atoms with van der Waals surface area (Å²) in [5.41, 5.74) is 22.2. The number of hydrogen-bond acceptors (Lipinski definition) is 4. The second kappa shape index (κ2) is 18.8. The predicted octanol–water partition coefficient (Wildman–Crippen LogP) is 15.2. The molecule has 0 radical (unpaired) electrons. The zero-order valence-corrected chi connectivity index (χ0v) is 38.0. The van der Waals surface area contributed by atoms with Gasteiger partial charge in [0, 0.05) is 35.0 Å². The van der Waals surface area contributed by atoms with Crippen LogP contribution in [0.1, 0.15) is 34.6 Å². The Balaban J connectivity index is 0.000000172. The van der Waals surface area contributed by atoms with Gasteiger partial charge in [-0.3, -0.25) is 4.99 Å². The Morgan fingerprint density at radius 1 is 0.574 bits per heavy atom. The maximum Gasteiger partial charge on any atom is 0.144 e. The molecule has 0 saturated carbocycles. The molecule has 0 spiro atoms. The Bertz CT molecular complexity index is 3360. The van der Waals surface area contributed by atoms with Crippen LogP contribution in [0.25, 0.3) is 55.3 Å². The lowest BCUT2D eigenvalue weighted by molar-refractivity contribution is 0.218. The molecule has 0 saturated heterocycles. The zero-order chi connectivity index (χ0) is 45.8. The maximum atomic E-state index is 6.65. The summed E-state index contributed by atoms with van der Waals surface area (Å²) in [6.45, 7) is 0. The summed E-state index contributed by atoms with van der Waals surface area (Å²) in [4.78, 5) is 6.66. The number of fused-ring (bicyclic) bond motifs is 5. The minimum atomic E-state index is -0.0897. The number of nitrogens with zero attached hydrogens (tertiary/aromatic N) is 2. The highest BCUT2D eigenvalue weighted by Crippen LogP contribution is 2.46. The van der Waals surface area contributed by atoms with Crippen LogP contribution in [0.4, 0.5) is 11.4 Å². The number of allylic oxidation sites excluding steroid dienone is 6. The zero-order valence-electron chi connectivity index (χ0n) is 38.0. The number of anilines is 2. The summed E-state index contributed by atoms with van der Waals surface area (Å²) in [7, 11) is 1.71. The van der Waals surface area contributed by atoms with E-state index < -0.39 is 0 Å². The molecular formula is C63H51N3O2. The lowest BCUT2D eigenvalue weighted by Crippen LogP contribution is -2.46. The first-order valence-electron chi connectivity index (χ1n) is 23.4. The van der Waals surface area contributed by atoms with E-state index in [1.165, 1.54) is 44.6 Å². The van der Waals surface area contributed by atoms with Crippen molar-refractivity contribution in [2.24, 2.45) is 10.7 Å². The molecule has 3 atom stereocenters. The second-order valence-corrected chi connectivity index (χ2v) is 17.6. The number of rotatable bonds is 8. The molecule has 1 aromatic heterocycles. The molecule has 9 aromatic rings. The fourth-order valence-corrected chi connectivity index (χ4v) is 9.82. The highest BCUT2D eigenvalue weighted by molar-refractivity contribution is 6.18. The van der Waals surface area contributed by atoms with Gasteiger partial charge in [0.05, 0.1) is 11.7 Å². The van der Waals surface area contributed by atoms with Gasteiger partial charge in [0.1, 0.15) is 28.9 Å². The lowest BCUT2D eigenvalue weighted by Gasteiger charge is -2.42. The van der Waals surface area contributed by atoms with Gasteiger partial charge >= 0.3 is 0 Å². The molecule has 2 aliphatic carbocycles. The molecular weight excluding hydrogens is 831 g/mol. The molecule has 330 valence electrons. The fraction of sp³-hybridized carbons (Fsp3) is 0.0952. The SMILES string of the molecule is CN=C(N)c1cccc2oc3ccc(-c4ccc5c(c4)OC4C=CC=CC4N5c4cccc(C5C=CC=CC5)c4)cc3c12.c1ccc(Cc2cc(-c3ccccc3)cc(-c3ccccc3)c2)cc1. The Morgan fingerprint density at radius 2 is 1.26 bits per heavy atom. The van der Waals surface area contributed by atoms with Crippen molar-refractivity contribution >= 4 is 39.1 Å². The van der Waals surface area contributed by atoms with Gasteiger partial charge in [-0.05, 0) is 118 Å². The van der Waals surface area contributed by atoms with Crippen LogP contribution in [0.2, 0.25) is 0 Å². The normalized spacial score (nSPS) is 17.0. The minimum absolute atomic E-state index is 0.0677. The number of hydrogen-bond donors (Lipinski definition) is 1. The molecule has 3 unspecified atom stereocenters. The van der Waals surface area contributed by atoms with Crippen LogP contribution in [0, 0.1) is 0 Å².